The van der Waals surface area contributed by atoms with Gasteiger partial charge in [-0.2, -0.15) is 0 Å². The highest BCUT2D eigenvalue weighted by molar-refractivity contribution is 5.96. The Balaban J connectivity index is 1.79. The third-order valence-corrected chi connectivity index (χ3v) is 6.42. The molecule has 0 aliphatic carbocycles. The summed E-state index contributed by atoms with van der Waals surface area (Å²) in [6.07, 6.45) is 1.60. The Labute approximate surface area is 227 Å². The summed E-state index contributed by atoms with van der Waals surface area (Å²) in [5, 5.41) is 18.1. The number of carboxylic acid groups (broad SMARTS) is 1. The minimum Gasteiger partial charge on any atom is -0.478 e. The van der Waals surface area contributed by atoms with Gasteiger partial charge in [0.15, 0.2) is 18.1 Å². The number of fused-ring (bicyclic) bond motifs is 1. The lowest BCUT2D eigenvalue weighted by molar-refractivity contribution is -0.0445. The third kappa shape index (κ3) is 6.35. The van der Waals surface area contributed by atoms with Gasteiger partial charge in [0.2, 0.25) is 0 Å². The summed E-state index contributed by atoms with van der Waals surface area (Å²) in [6.45, 7) is 6.16. The number of hydrogen-bond donors (Lipinski definition) is 1. The molecule has 2 unspecified atom stereocenters. The molecule has 0 radical (unpaired) electrons. The van der Waals surface area contributed by atoms with E-state index in [9.17, 15) is 9.90 Å². The number of methoxy groups -OCH3 is 2. The molecule has 0 amide bonds. The molecule has 1 N–H and O–H groups in total. The maximum absolute atomic E-state index is 11.7. The van der Waals surface area contributed by atoms with Crippen LogP contribution in [-0.2, 0) is 22.4 Å². The highest BCUT2D eigenvalue weighted by Crippen LogP contribution is 2.33. The minimum absolute atomic E-state index is 0.258. The zero-order chi connectivity index (χ0) is 27.9. The number of rotatable bonds is 13. The molecular weight excluding hydrogens is 500 g/mol. The van der Waals surface area contributed by atoms with Crippen LogP contribution in [0.3, 0.4) is 0 Å². The van der Waals surface area contributed by atoms with Gasteiger partial charge in [0.25, 0.3) is 11.8 Å². The van der Waals surface area contributed by atoms with Crippen LogP contribution in [0.25, 0.3) is 22.2 Å². The Kier molecular flexibility index (Phi) is 9.11. The van der Waals surface area contributed by atoms with E-state index >= 15 is 0 Å². The topological polar surface area (TPSA) is 118 Å². The zero-order valence-electron chi connectivity index (χ0n) is 22.9. The van der Waals surface area contributed by atoms with Crippen LogP contribution in [0.4, 0.5) is 0 Å². The average Bonchev–Trinajstić information content (AvgIpc) is 3.31. The summed E-state index contributed by atoms with van der Waals surface area (Å²) in [6, 6.07) is 14.8. The van der Waals surface area contributed by atoms with Crippen LogP contribution < -0.4 is 9.47 Å². The van der Waals surface area contributed by atoms with Crippen molar-refractivity contribution in [2.45, 2.75) is 59.2 Å². The van der Waals surface area contributed by atoms with Gasteiger partial charge in [-0.05, 0) is 43.0 Å². The minimum atomic E-state index is -0.958. The van der Waals surface area contributed by atoms with Gasteiger partial charge in [0, 0.05) is 27.2 Å². The molecule has 2 aromatic carbocycles. The molecule has 10 nitrogen and oxygen atoms in total. The van der Waals surface area contributed by atoms with Crippen molar-refractivity contribution in [3.05, 3.63) is 65.5 Å². The Morgan fingerprint density at radius 2 is 1.59 bits per heavy atom. The molecule has 10 heteroatoms. The van der Waals surface area contributed by atoms with Gasteiger partial charge >= 0.3 is 5.97 Å². The van der Waals surface area contributed by atoms with Crippen molar-refractivity contribution >= 4 is 17.0 Å². The smallest absolute Gasteiger partial charge is 0.336 e. The molecule has 0 saturated heterocycles. The number of nitrogens with zero attached hydrogens (tertiary/aromatic N) is 4. The van der Waals surface area contributed by atoms with E-state index in [0.717, 1.165) is 36.2 Å². The lowest BCUT2D eigenvalue weighted by Crippen LogP contribution is -2.18. The summed E-state index contributed by atoms with van der Waals surface area (Å²) in [5.41, 5.74) is 3.94. The van der Waals surface area contributed by atoms with E-state index in [0.29, 0.717) is 29.0 Å². The van der Waals surface area contributed by atoms with Crippen LogP contribution in [-0.4, -0.2) is 57.6 Å². The van der Waals surface area contributed by atoms with Gasteiger partial charge in [0.05, 0.1) is 5.56 Å². The Morgan fingerprint density at radius 3 is 2.23 bits per heavy atom. The number of unbranched alkanes of at least 4 members (excludes halogenated alkanes) is 1. The second kappa shape index (κ2) is 12.7. The van der Waals surface area contributed by atoms with Crippen molar-refractivity contribution < 1.29 is 28.8 Å². The predicted molar refractivity (Wildman–Crippen MR) is 146 cm³/mol. The molecule has 206 valence electrons. The number of aryl methyl sites for hydroxylation is 1. The van der Waals surface area contributed by atoms with Crippen molar-refractivity contribution in [1.82, 2.24) is 19.7 Å². The van der Waals surface area contributed by atoms with E-state index in [1.165, 1.54) is 0 Å². The largest absolute Gasteiger partial charge is 0.478 e. The summed E-state index contributed by atoms with van der Waals surface area (Å²) in [4.78, 5) is 16.6. The molecule has 0 spiro atoms. The van der Waals surface area contributed by atoms with Crippen LogP contribution in [0.2, 0.25) is 0 Å². The lowest BCUT2D eigenvalue weighted by atomic mass is 9.99. The van der Waals surface area contributed by atoms with Gasteiger partial charge in [-0.3, -0.25) is 0 Å². The van der Waals surface area contributed by atoms with E-state index in [4.69, 9.17) is 23.9 Å². The monoisotopic (exact) mass is 534 g/mol. The molecule has 0 bridgehead atoms. The van der Waals surface area contributed by atoms with Crippen LogP contribution in [0, 0.1) is 0 Å². The van der Waals surface area contributed by atoms with Crippen molar-refractivity contribution in [2.75, 3.05) is 14.2 Å². The molecule has 0 aliphatic heterocycles. The number of hydrogen-bond acceptors (Lipinski definition) is 8. The standard InChI is InChI=1S/C29H34N4O6/c1-6-7-12-24-30-25-26(28(39-19(3)37-5)32-31-27(25)38-18(2)36-4)33(24)17-20-13-15-21(16-14-20)22-10-8-9-11-23(22)29(34)35/h8-11,13-16,18-19H,6-7,12,17H2,1-5H3,(H,34,35). The van der Waals surface area contributed by atoms with Crippen LogP contribution in [0.5, 0.6) is 11.8 Å². The second-order valence-corrected chi connectivity index (χ2v) is 9.12. The van der Waals surface area contributed by atoms with E-state index in [2.05, 4.69) is 21.7 Å². The van der Waals surface area contributed by atoms with E-state index in [1.807, 2.05) is 36.4 Å². The summed E-state index contributed by atoms with van der Waals surface area (Å²) < 4.78 is 24.5. The number of carboxylic acids is 1. The summed E-state index contributed by atoms with van der Waals surface area (Å²) >= 11 is 0. The number of imidazole rings is 1. The van der Waals surface area contributed by atoms with Gasteiger partial charge in [-0.15, -0.1) is 10.2 Å². The summed E-state index contributed by atoms with van der Waals surface area (Å²) in [5.74, 6) is 0.444. The molecule has 0 fully saturated rings. The number of aromatic nitrogens is 4. The Morgan fingerprint density at radius 1 is 0.949 bits per heavy atom. The molecule has 0 aliphatic rings. The summed E-state index contributed by atoms with van der Waals surface area (Å²) in [7, 11) is 3.11. The zero-order valence-corrected chi connectivity index (χ0v) is 22.9. The first-order valence-electron chi connectivity index (χ1n) is 12.9. The van der Waals surface area contributed by atoms with Crippen molar-refractivity contribution in [3.63, 3.8) is 0 Å². The van der Waals surface area contributed by atoms with Crippen LogP contribution >= 0.6 is 0 Å². The van der Waals surface area contributed by atoms with Gasteiger partial charge in [0.1, 0.15) is 11.3 Å². The van der Waals surface area contributed by atoms with E-state index in [-0.39, 0.29) is 11.4 Å². The number of benzene rings is 2. The maximum atomic E-state index is 11.7. The highest BCUT2D eigenvalue weighted by Gasteiger charge is 2.24. The maximum Gasteiger partial charge on any atom is 0.336 e. The first-order valence-corrected chi connectivity index (χ1v) is 12.9. The fraction of sp³-hybridized carbons (Fsp3) is 0.379. The number of carbonyl (C=O) groups is 1. The first-order chi connectivity index (χ1) is 18.9. The quantitative estimate of drug-likeness (QED) is 0.227. The fourth-order valence-electron chi connectivity index (χ4n) is 4.21. The van der Waals surface area contributed by atoms with E-state index in [1.54, 1.807) is 40.2 Å². The molecule has 4 aromatic rings. The van der Waals surface area contributed by atoms with Gasteiger partial charge in [-0.25, -0.2) is 9.78 Å². The number of ether oxygens (including phenoxy) is 4. The molecular formula is C29H34N4O6. The number of aromatic carboxylic acids is 1. The van der Waals surface area contributed by atoms with Crippen molar-refractivity contribution in [1.29, 1.82) is 0 Å². The lowest BCUT2D eigenvalue weighted by Gasteiger charge is -2.16. The normalized spacial score (nSPS) is 12.8. The molecule has 39 heavy (non-hydrogen) atoms. The van der Waals surface area contributed by atoms with Gasteiger partial charge < -0.3 is 28.6 Å². The third-order valence-electron chi connectivity index (χ3n) is 6.42. The molecule has 4 rings (SSSR count). The van der Waals surface area contributed by atoms with Crippen LogP contribution in [0.15, 0.2) is 48.5 Å². The highest BCUT2D eigenvalue weighted by atomic mass is 16.7. The first kappa shape index (κ1) is 28.0. The average molecular weight is 535 g/mol. The SMILES string of the molecule is CCCCc1nc2c(OC(C)OC)nnc(OC(C)OC)c2n1Cc1ccc(-c2ccccc2C(=O)O)cc1. The molecule has 2 heterocycles. The molecule has 2 aromatic heterocycles. The van der Waals surface area contributed by atoms with Crippen molar-refractivity contribution in [2.24, 2.45) is 0 Å². The van der Waals surface area contributed by atoms with Gasteiger partial charge in [-0.1, -0.05) is 55.8 Å². The second-order valence-electron chi connectivity index (χ2n) is 9.12. The van der Waals surface area contributed by atoms with Crippen LogP contribution in [0.1, 0.15) is 55.4 Å². The predicted octanol–water partition coefficient (Wildman–Crippen LogP) is 5.32. The van der Waals surface area contributed by atoms with Crippen molar-refractivity contribution in [3.8, 4) is 22.9 Å². The Hall–Kier alpha value is -4.02. The van der Waals surface area contributed by atoms with E-state index < -0.39 is 18.5 Å². The fourth-order valence-corrected chi connectivity index (χ4v) is 4.21. The molecule has 0 saturated carbocycles. The molecule has 2 atom stereocenters. The Bertz CT molecular complexity index is 1420.